The van der Waals surface area contributed by atoms with Crippen LogP contribution in [0.5, 0.6) is 0 Å². The standard InChI is InChI=1S/C12H23N3S/c1-2-8-15(9-3-1)10-4-5-11-16-12-13-6-7-14-12/h1-11H2,(H,13,14). The third-order valence-electron chi connectivity index (χ3n) is 3.20. The Bertz CT molecular complexity index is 224. The van der Waals surface area contributed by atoms with E-state index >= 15 is 0 Å². The highest BCUT2D eigenvalue weighted by Crippen LogP contribution is 2.12. The minimum absolute atomic E-state index is 0.968. The first-order chi connectivity index (χ1) is 7.95. The van der Waals surface area contributed by atoms with Crippen molar-refractivity contribution in [3.63, 3.8) is 0 Å². The molecule has 0 spiro atoms. The Labute approximate surface area is 103 Å². The Morgan fingerprint density at radius 3 is 2.81 bits per heavy atom. The van der Waals surface area contributed by atoms with Gasteiger partial charge in [0.25, 0.3) is 0 Å². The van der Waals surface area contributed by atoms with E-state index in [2.05, 4.69) is 15.2 Å². The quantitative estimate of drug-likeness (QED) is 0.746. The number of hydrogen-bond donors (Lipinski definition) is 1. The summed E-state index contributed by atoms with van der Waals surface area (Å²) in [7, 11) is 0. The third kappa shape index (κ3) is 4.34. The molecule has 16 heavy (non-hydrogen) atoms. The lowest BCUT2D eigenvalue weighted by atomic mass is 10.1. The molecule has 2 rings (SSSR count). The molecule has 1 saturated heterocycles. The van der Waals surface area contributed by atoms with Crippen LogP contribution in [0.25, 0.3) is 0 Å². The molecule has 0 aliphatic carbocycles. The second-order valence-electron chi connectivity index (χ2n) is 4.57. The second kappa shape index (κ2) is 7.17. The van der Waals surface area contributed by atoms with Crippen LogP contribution in [-0.4, -0.2) is 48.5 Å². The van der Waals surface area contributed by atoms with E-state index in [1.165, 1.54) is 57.5 Å². The summed E-state index contributed by atoms with van der Waals surface area (Å²) in [6.07, 6.45) is 6.94. The molecule has 3 nitrogen and oxygen atoms in total. The van der Waals surface area contributed by atoms with Crippen molar-refractivity contribution in [3.05, 3.63) is 0 Å². The van der Waals surface area contributed by atoms with E-state index in [1.54, 1.807) is 0 Å². The fourth-order valence-electron chi connectivity index (χ4n) is 2.26. The van der Waals surface area contributed by atoms with Crippen LogP contribution in [0.15, 0.2) is 4.99 Å². The van der Waals surface area contributed by atoms with E-state index in [0.717, 1.165) is 18.3 Å². The normalized spacial score (nSPS) is 21.9. The summed E-state index contributed by atoms with van der Waals surface area (Å²) in [6.45, 7) is 5.98. The van der Waals surface area contributed by atoms with E-state index in [1.807, 2.05) is 11.8 Å². The Morgan fingerprint density at radius 1 is 1.19 bits per heavy atom. The molecule has 0 saturated carbocycles. The Hall–Kier alpha value is -0.220. The van der Waals surface area contributed by atoms with Crippen molar-refractivity contribution in [1.29, 1.82) is 0 Å². The molecule has 0 radical (unpaired) electrons. The smallest absolute Gasteiger partial charge is 0.156 e. The van der Waals surface area contributed by atoms with Gasteiger partial charge >= 0.3 is 0 Å². The highest BCUT2D eigenvalue weighted by atomic mass is 32.2. The van der Waals surface area contributed by atoms with Crippen molar-refractivity contribution in [3.8, 4) is 0 Å². The maximum absolute atomic E-state index is 4.38. The SMILES string of the molecule is C1CCN(CCCCSC2=NCCN2)CC1. The number of thioether (sulfide) groups is 1. The summed E-state index contributed by atoms with van der Waals surface area (Å²) >= 11 is 1.89. The summed E-state index contributed by atoms with van der Waals surface area (Å²) in [5, 5.41) is 4.46. The van der Waals surface area contributed by atoms with Crippen molar-refractivity contribution in [2.75, 3.05) is 38.5 Å². The Balaban J connectivity index is 1.45. The number of rotatable bonds is 5. The van der Waals surface area contributed by atoms with Gasteiger partial charge in [-0.05, 0) is 45.3 Å². The predicted molar refractivity (Wildman–Crippen MR) is 72.3 cm³/mol. The zero-order valence-electron chi connectivity index (χ0n) is 10.1. The van der Waals surface area contributed by atoms with E-state index in [0.29, 0.717) is 0 Å². The highest BCUT2D eigenvalue weighted by Gasteiger charge is 2.09. The molecule has 0 bridgehead atoms. The van der Waals surface area contributed by atoms with Gasteiger partial charge in [-0.3, -0.25) is 4.99 Å². The van der Waals surface area contributed by atoms with Crippen molar-refractivity contribution in [2.24, 2.45) is 4.99 Å². The summed E-state index contributed by atoms with van der Waals surface area (Å²) < 4.78 is 0. The van der Waals surface area contributed by atoms with Crippen molar-refractivity contribution < 1.29 is 0 Å². The number of likely N-dealkylation sites (tertiary alicyclic amines) is 1. The van der Waals surface area contributed by atoms with Crippen LogP contribution in [0, 0.1) is 0 Å². The van der Waals surface area contributed by atoms with Gasteiger partial charge in [-0.25, -0.2) is 0 Å². The van der Waals surface area contributed by atoms with Crippen molar-refractivity contribution >= 4 is 16.9 Å². The summed E-state index contributed by atoms with van der Waals surface area (Å²) in [5.74, 6) is 1.22. The van der Waals surface area contributed by atoms with Crippen LogP contribution in [0.3, 0.4) is 0 Å². The van der Waals surface area contributed by atoms with E-state index in [-0.39, 0.29) is 0 Å². The number of hydrogen-bond acceptors (Lipinski definition) is 4. The maximum atomic E-state index is 4.38. The van der Waals surface area contributed by atoms with Crippen LogP contribution in [-0.2, 0) is 0 Å². The number of amidine groups is 1. The molecule has 0 aromatic rings. The van der Waals surface area contributed by atoms with Gasteiger partial charge in [-0.15, -0.1) is 0 Å². The Morgan fingerprint density at radius 2 is 2.06 bits per heavy atom. The zero-order chi connectivity index (χ0) is 11.1. The van der Waals surface area contributed by atoms with Gasteiger partial charge in [0, 0.05) is 12.3 Å². The highest BCUT2D eigenvalue weighted by molar-refractivity contribution is 8.13. The molecule has 1 N–H and O–H groups in total. The first-order valence-electron chi connectivity index (χ1n) is 6.58. The van der Waals surface area contributed by atoms with Crippen molar-refractivity contribution in [2.45, 2.75) is 32.1 Å². The molecule has 0 aromatic heterocycles. The lowest BCUT2D eigenvalue weighted by Gasteiger charge is -2.26. The van der Waals surface area contributed by atoms with Gasteiger partial charge in [0.2, 0.25) is 0 Å². The topological polar surface area (TPSA) is 27.6 Å². The summed E-state index contributed by atoms with van der Waals surface area (Å²) in [4.78, 5) is 7.01. The van der Waals surface area contributed by atoms with Gasteiger partial charge in [0.15, 0.2) is 5.17 Å². The van der Waals surface area contributed by atoms with Gasteiger partial charge in [0.05, 0.1) is 6.54 Å². The molecule has 4 heteroatoms. The first kappa shape index (κ1) is 12.2. The van der Waals surface area contributed by atoms with Gasteiger partial charge in [-0.2, -0.15) is 0 Å². The molecule has 0 atom stereocenters. The molecular weight excluding hydrogens is 218 g/mol. The molecule has 2 heterocycles. The fraction of sp³-hybridized carbons (Fsp3) is 0.917. The van der Waals surface area contributed by atoms with Gasteiger partial charge in [0.1, 0.15) is 0 Å². The molecule has 0 aromatic carbocycles. The molecule has 0 amide bonds. The number of unbranched alkanes of at least 4 members (excludes halogenated alkanes) is 1. The minimum atomic E-state index is 0.968. The van der Waals surface area contributed by atoms with Crippen LogP contribution in [0.4, 0.5) is 0 Å². The van der Waals surface area contributed by atoms with Crippen LogP contribution < -0.4 is 5.32 Å². The van der Waals surface area contributed by atoms with E-state index in [4.69, 9.17) is 0 Å². The average Bonchev–Trinajstić information content (AvgIpc) is 2.83. The number of piperidine rings is 1. The summed E-state index contributed by atoms with van der Waals surface area (Å²) in [6, 6.07) is 0. The molecular formula is C12H23N3S. The average molecular weight is 241 g/mol. The zero-order valence-corrected chi connectivity index (χ0v) is 10.9. The number of nitrogens with zero attached hydrogens (tertiary/aromatic N) is 2. The number of aliphatic imine (C=N–C) groups is 1. The molecule has 2 aliphatic rings. The third-order valence-corrected chi connectivity index (χ3v) is 4.24. The predicted octanol–water partition coefficient (Wildman–Crippen LogP) is 1.94. The molecule has 1 fully saturated rings. The van der Waals surface area contributed by atoms with Gasteiger partial charge in [-0.1, -0.05) is 18.2 Å². The van der Waals surface area contributed by atoms with E-state index < -0.39 is 0 Å². The number of nitrogens with one attached hydrogen (secondary N) is 1. The maximum Gasteiger partial charge on any atom is 0.156 e. The fourth-order valence-corrected chi connectivity index (χ4v) is 3.19. The van der Waals surface area contributed by atoms with Crippen molar-refractivity contribution in [1.82, 2.24) is 10.2 Å². The molecule has 2 aliphatic heterocycles. The second-order valence-corrected chi connectivity index (χ2v) is 5.66. The monoisotopic (exact) mass is 241 g/mol. The lowest BCUT2D eigenvalue weighted by Crippen LogP contribution is -2.30. The van der Waals surface area contributed by atoms with Crippen LogP contribution in [0.2, 0.25) is 0 Å². The largest absolute Gasteiger partial charge is 0.363 e. The van der Waals surface area contributed by atoms with E-state index in [9.17, 15) is 0 Å². The first-order valence-corrected chi connectivity index (χ1v) is 7.57. The summed E-state index contributed by atoms with van der Waals surface area (Å²) in [5.41, 5.74) is 0. The molecule has 0 unspecified atom stereocenters. The minimum Gasteiger partial charge on any atom is -0.363 e. The van der Waals surface area contributed by atoms with Crippen LogP contribution in [0.1, 0.15) is 32.1 Å². The van der Waals surface area contributed by atoms with Crippen LogP contribution >= 0.6 is 11.8 Å². The lowest BCUT2D eigenvalue weighted by molar-refractivity contribution is 0.226. The molecule has 92 valence electrons. The Kier molecular flexibility index (Phi) is 5.49. The van der Waals surface area contributed by atoms with Gasteiger partial charge < -0.3 is 10.2 Å².